The Morgan fingerprint density at radius 2 is 2.23 bits per heavy atom. The minimum Gasteiger partial charge on any atom is -0.454 e. The van der Waals surface area contributed by atoms with E-state index in [4.69, 9.17) is 26.8 Å². The Kier molecular flexibility index (Phi) is 2.06. The maximum absolute atomic E-state index is 5.96. The molecule has 1 aromatic rings. The summed E-state index contributed by atoms with van der Waals surface area (Å²) >= 11 is 5.96. The molecule has 1 aromatic carbocycles. The molecule has 0 bridgehead atoms. The number of fused-ring (bicyclic) bond motifs is 1. The fourth-order valence-electron chi connectivity index (χ4n) is 1.25. The van der Waals surface area contributed by atoms with E-state index in [0.717, 1.165) is 5.56 Å². The average Bonchev–Trinajstić information content (AvgIpc) is 2.51. The van der Waals surface area contributed by atoms with Crippen LogP contribution in [0.1, 0.15) is 18.5 Å². The lowest BCUT2D eigenvalue weighted by atomic mass is 10.1. The van der Waals surface area contributed by atoms with Gasteiger partial charge in [0, 0.05) is 6.04 Å². The standard InChI is InChI=1S/C9H10ClNO2/c1-5(11)6-2-7(10)9-8(3-6)12-4-13-9/h2-3,5H,4,11H2,1H3. The Morgan fingerprint density at radius 1 is 1.46 bits per heavy atom. The van der Waals surface area contributed by atoms with Crippen LogP contribution in [0.3, 0.4) is 0 Å². The van der Waals surface area contributed by atoms with Crippen molar-refractivity contribution in [3.8, 4) is 11.5 Å². The van der Waals surface area contributed by atoms with Crippen LogP contribution in [-0.4, -0.2) is 6.79 Å². The fourth-order valence-corrected chi connectivity index (χ4v) is 1.52. The smallest absolute Gasteiger partial charge is 0.231 e. The molecule has 0 aromatic heterocycles. The van der Waals surface area contributed by atoms with Crippen LogP contribution in [0.2, 0.25) is 5.02 Å². The van der Waals surface area contributed by atoms with E-state index < -0.39 is 0 Å². The summed E-state index contributed by atoms with van der Waals surface area (Å²) in [6.07, 6.45) is 0. The van der Waals surface area contributed by atoms with Crippen molar-refractivity contribution in [1.82, 2.24) is 0 Å². The van der Waals surface area contributed by atoms with Crippen molar-refractivity contribution in [2.45, 2.75) is 13.0 Å². The number of hydrogen-bond acceptors (Lipinski definition) is 3. The Bertz CT molecular complexity index is 339. The molecule has 1 heterocycles. The Labute approximate surface area is 81.4 Å². The molecule has 1 unspecified atom stereocenters. The van der Waals surface area contributed by atoms with Gasteiger partial charge >= 0.3 is 0 Å². The van der Waals surface area contributed by atoms with Crippen molar-refractivity contribution >= 4 is 11.6 Å². The van der Waals surface area contributed by atoms with Crippen molar-refractivity contribution in [2.24, 2.45) is 5.73 Å². The molecule has 0 spiro atoms. The largest absolute Gasteiger partial charge is 0.454 e. The summed E-state index contributed by atoms with van der Waals surface area (Å²) in [6.45, 7) is 2.13. The molecule has 0 saturated carbocycles. The number of hydrogen-bond donors (Lipinski definition) is 1. The number of nitrogens with two attached hydrogens (primary N) is 1. The molecule has 1 aliphatic heterocycles. The molecule has 0 radical (unpaired) electrons. The summed E-state index contributed by atoms with van der Waals surface area (Å²) in [5.41, 5.74) is 6.67. The molecule has 0 saturated heterocycles. The fraction of sp³-hybridized carbons (Fsp3) is 0.333. The second-order valence-electron chi connectivity index (χ2n) is 3.03. The summed E-state index contributed by atoms with van der Waals surface area (Å²) in [5.74, 6) is 1.30. The van der Waals surface area contributed by atoms with E-state index in [1.165, 1.54) is 0 Å². The van der Waals surface area contributed by atoms with Gasteiger partial charge in [-0.3, -0.25) is 0 Å². The molecule has 2 rings (SSSR count). The Balaban J connectivity index is 2.49. The van der Waals surface area contributed by atoms with Gasteiger partial charge in [0.05, 0.1) is 5.02 Å². The van der Waals surface area contributed by atoms with E-state index in [1.54, 1.807) is 6.07 Å². The van der Waals surface area contributed by atoms with E-state index in [2.05, 4.69) is 0 Å². The lowest BCUT2D eigenvalue weighted by Crippen LogP contribution is -2.04. The molecule has 0 fully saturated rings. The minimum absolute atomic E-state index is 0.0491. The zero-order chi connectivity index (χ0) is 9.42. The van der Waals surface area contributed by atoms with E-state index in [9.17, 15) is 0 Å². The van der Waals surface area contributed by atoms with E-state index in [-0.39, 0.29) is 12.8 Å². The third-order valence-electron chi connectivity index (χ3n) is 1.98. The molecule has 0 amide bonds. The molecule has 70 valence electrons. The van der Waals surface area contributed by atoms with Crippen LogP contribution in [0.5, 0.6) is 11.5 Å². The molecule has 2 N–H and O–H groups in total. The lowest BCUT2D eigenvalue weighted by molar-refractivity contribution is 0.174. The zero-order valence-corrected chi connectivity index (χ0v) is 7.97. The van der Waals surface area contributed by atoms with Crippen molar-refractivity contribution in [2.75, 3.05) is 6.79 Å². The first-order valence-corrected chi connectivity index (χ1v) is 4.41. The predicted octanol–water partition coefficient (Wildman–Crippen LogP) is 2.09. The topological polar surface area (TPSA) is 44.5 Å². The highest BCUT2D eigenvalue weighted by molar-refractivity contribution is 6.32. The second kappa shape index (κ2) is 3.09. The molecule has 0 aliphatic carbocycles. The third kappa shape index (κ3) is 1.45. The SMILES string of the molecule is CC(N)c1cc(Cl)c2c(c1)OCO2. The normalized spacial score (nSPS) is 15.9. The van der Waals surface area contributed by atoms with Crippen molar-refractivity contribution in [1.29, 1.82) is 0 Å². The summed E-state index contributed by atoms with van der Waals surface area (Å²) in [6, 6.07) is 3.62. The van der Waals surface area contributed by atoms with Gasteiger partial charge in [-0.15, -0.1) is 0 Å². The maximum Gasteiger partial charge on any atom is 0.231 e. The van der Waals surface area contributed by atoms with Crippen LogP contribution in [0.25, 0.3) is 0 Å². The Morgan fingerprint density at radius 3 is 2.92 bits per heavy atom. The summed E-state index contributed by atoms with van der Waals surface area (Å²) in [5, 5.41) is 0.558. The molecular weight excluding hydrogens is 190 g/mol. The average molecular weight is 200 g/mol. The van der Waals surface area contributed by atoms with Gasteiger partial charge in [0.1, 0.15) is 0 Å². The first-order chi connectivity index (χ1) is 6.18. The zero-order valence-electron chi connectivity index (χ0n) is 7.21. The predicted molar refractivity (Wildman–Crippen MR) is 50.2 cm³/mol. The third-order valence-corrected chi connectivity index (χ3v) is 2.26. The highest BCUT2D eigenvalue weighted by Gasteiger charge is 2.18. The lowest BCUT2D eigenvalue weighted by Gasteiger charge is -2.07. The summed E-state index contributed by atoms with van der Waals surface area (Å²) in [4.78, 5) is 0. The van der Waals surface area contributed by atoms with Gasteiger partial charge in [0.15, 0.2) is 11.5 Å². The maximum atomic E-state index is 5.96. The first-order valence-electron chi connectivity index (χ1n) is 4.03. The van der Waals surface area contributed by atoms with Gasteiger partial charge in [-0.05, 0) is 24.6 Å². The van der Waals surface area contributed by atoms with E-state index in [1.807, 2.05) is 13.0 Å². The number of rotatable bonds is 1. The van der Waals surface area contributed by atoms with E-state index >= 15 is 0 Å². The monoisotopic (exact) mass is 199 g/mol. The van der Waals surface area contributed by atoms with Crippen molar-refractivity contribution in [3.05, 3.63) is 22.7 Å². The quantitative estimate of drug-likeness (QED) is 0.753. The number of benzene rings is 1. The van der Waals surface area contributed by atoms with Crippen molar-refractivity contribution in [3.63, 3.8) is 0 Å². The summed E-state index contributed by atoms with van der Waals surface area (Å²) < 4.78 is 10.4. The molecule has 1 aliphatic rings. The van der Waals surface area contributed by atoms with Gasteiger partial charge in [0.25, 0.3) is 0 Å². The summed E-state index contributed by atoms with van der Waals surface area (Å²) in [7, 11) is 0. The molecule has 4 heteroatoms. The van der Waals surface area contributed by atoms with Crippen LogP contribution < -0.4 is 15.2 Å². The number of ether oxygens (including phenoxy) is 2. The molecule has 1 atom stereocenters. The highest BCUT2D eigenvalue weighted by atomic mass is 35.5. The first kappa shape index (κ1) is 8.66. The molecular formula is C9H10ClNO2. The highest BCUT2D eigenvalue weighted by Crippen LogP contribution is 2.40. The van der Waals surface area contributed by atoms with Gasteiger partial charge in [-0.25, -0.2) is 0 Å². The van der Waals surface area contributed by atoms with Crippen LogP contribution >= 0.6 is 11.6 Å². The van der Waals surface area contributed by atoms with Gasteiger partial charge in [-0.1, -0.05) is 11.6 Å². The van der Waals surface area contributed by atoms with Gasteiger partial charge < -0.3 is 15.2 Å². The molecule has 13 heavy (non-hydrogen) atoms. The van der Waals surface area contributed by atoms with Crippen LogP contribution in [0.4, 0.5) is 0 Å². The van der Waals surface area contributed by atoms with Crippen LogP contribution in [0.15, 0.2) is 12.1 Å². The Hall–Kier alpha value is -0.930. The van der Waals surface area contributed by atoms with E-state index in [0.29, 0.717) is 16.5 Å². The van der Waals surface area contributed by atoms with Gasteiger partial charge in [0.2, 0.25) is 6.79 Å². The minimum atomic E-state index is -0.0491. The van der Waals surface area contributed by atoms with Gasteiger partial charge in [-0.2, -0.15) is 0 Å². The van der Waals surface area contributed by atoms with Crippen molar-refractivity contribution < 1.29 is 9.47 Å². The second-order valence-corrected chi connectivity index (χ2v) is 3.43. The van der Waals surface area contributed by atoms with Crippen LogP contribution in [-0.2, 0) is 0 Å². The number of halogens is 1. The van der Waals surface area contributed by atoms with Crippen LogP contribution in [0, 0.1) is 0 Å². The molecule has 3 nitrogen and oxygen atoms in total.